The van der Waals surface area contributed by atoms with E-state index in [1.807, 2.05) is 0 Å². The zero-order valence-electron chi connectivity index (χ0n) is 10.4. The van der Waals surface area contributed by atoms with Crippen LogP contribution in [0.3, 0.4) is 0 Å². The van der Waals surface area contributed by atoms with Gasteiger partial charge in [-0.1, -0.05) is 27.2 Å². The quantitative estimate of drug-likeness (QED) is 0.758. The van der Waals surface area contributed by atoms with Crippen LogP contribution < -0.4 is 5.32 Å². The second-order valence-corrected chi connectivity index (χ2v) is 5.63. The lowest BCUT2D eigenvalue weighted by atomic mass is 9.83. The van der Waals surface area contributed by atoms with E-state index in [4.69, 9.17) is 4.74 Å². The lowest BCUT2D eigenvalue weighted by molar-refractivity contribution is -0.0384. The highest BCUT2D eigenvalue weighted by atomic mass is 16.5. The van der Waals surface area contributed by atoms with E-state index in [9.17, 15) is 0 Å². The molecule has 1 N–H and O–H groups in total. The minimum atomic E-state index is 0.0402. The van der Waals surface area contributed by atoms with Crippen molar-refractivity contribution in [3.8, 4) is 0 Å². The first-order valence-electron chi connectivity index (χ1n) is 6.56. The highest BCUT2D eigenvalue weighted by Gasteiger charge is 2.49. The Morgan fingerprint density at radius 3 is 2.33 bits per heavy atom. The molecule has 1 aliphatic heterocycles. The smallest absolute Gasteiger partial charge is 0.119 e. The summed E-state index contributed by atoms with van der Waals surface area (Å²) in [7, 11) is 0. The molecule has 2 aliphatic rings. The van der Waals surface area contributed by atoms with Crippen molar-refractivity contribution in [1.82, 2.24) is 5.32 Å². The van der Waals surface area contributed by atoms with Gasteiger partial charge in [-0.3, -0.25) is 5.32 Å². The van der Waals surface area contributed by atoms with Crippen LogP contribution in [0.5, 0.6) is 0 Å². The van der Waals surface area contributed by atoms with Gasteiger partial charge in [-0.2, -0.15) is 0 Å². The van der Waals surface area contributed by atoms with Crippen molar-refractivity contribution < 1.29 is 4.74 Å². The van der Waals surface area contributed by atoms with Gasteiger partial charge in [-0.25, -0.2) is 0 Å². The molecule has 0 aromatic carbocycles. The fraction of sp³-hybridized carbons (Fsp3) is 1.00. The van der Waals surface area contributed by atoms with Gasteiger partial charge >= 0.3 is 0 Å². The Morgan fingerprint density at radius 2 is 1.87 bits per heavy atom. The molecule has 2 rings (SSSR count). The molecule has 0 amide bonds. The minimum absolute atomic E-state index is 0.0402. The van der Waals surface area contributed by atoms with Gasteiger partial charge in [0.1, 0.15) is 5.72 Å². The summed E-state index contributed by atoms with van der Waals surface area (Å²) in [5.74, 6) is 0.656. The summed E-state index contributed by atoms with van der Waals surface area (Å²) in [4.78, 5) is 0. The first kappa shape index (κ1) is 11.4. The molecule has 88 valence electrons. The van der Waals surface area contributed by atoms with Gasteiger partial charge in [0, 0.05) is 5.54 Å². The molecule has 2 heteroatoms. The van der Waals surface area contributed by atoms with Crippen molar-refractivity contribution in [3.05, 3.63) is 0 Å². The van der Waals surface area contributed by atoms with Crippen LogP contribution in [-0.4, -0.2) is 17.9 Å². The molecule has 1 unspecified atom stereocenters. The van der Waals surface area contributed by atoms with Gasteiger partial charge in [0.25, 0.3) is 0 Å². The van der Waals surface area contributed by atoms with E-state index in [-0.39, 0.29) is 11.3 Å². The molecule has 1 saturated heterocycles. The molecule has 0 radical (unpaired) electrons. The second-order valence-electron chi connectivity index (χ2n) is 5.63. The van der Waals surface area contributed by atoms with Crippen molar-refractivity contribution >= 4 is 0 Å². The SMILES string of the molecule is CCC1(C(C)C)COC2(CCCCC2)N1. The van der Waals surface area contributed by atoms with E-state index in [1.165, 1.54) is 38.5 Å². The van der Waals surface area contributed by atoms with Crippen LogP contribution in [0.25, 0.3) is 0 Å². The molecule has 2 nitrogen and oxygen atoms in total. The summed E-state index contributed by atoms with van der Waals surface area (Å²) >= 11 is 0. The number of rotatable bonds is 2. The Hall–Kier alpha value is -0.0800. The Balaban J connectivity index is 2.09. The van der Waals surface area contributed by atoms with Crippen LogP contribution in [0.1, 0.15) is 59.3 Å². The molecule has 1 spiro atoms. The van der Waals surface area contributed by atoms with Crippen molar-refractivity contribution in [2.75, 3.05) is 6.61 Å². The predicted octanol–water partition coefficient (Wildman–Crippen LogP) is 3.07. The lowest BCUT2D eigenvalue weighted by Gasteiger charge is -2.38. The fourth-order valence-electron chi connectivity index (χ4n) is 3.09. The maximum absolute atomic E-state index is 6.14. The molecule has 1 aliphatic carbocycles. The zero-order valence-corrected chi connectivity index (χ0v) is 10.4. The van der Waals surface area contributed by atoms with Crippen LogP contribution in [0.15, 0.2) is 0 Å². The molecule has 0 aromatic heterocycles. The summed E-state index contributed by atoms with van der Waals surface area (Å²) in [6, 6.07) is 0. The van der Waals surface area contributed by atoms with Crippen molar-refractivity contribution in [2.45, 2.75) is 70.6 Å². The molecule has 1 atom stereocenters. The van der Waals surface area contributed by atoms with Gasteiger partial charge in [-0.15, -0.1) is 0 Å². The Labute approximate surface area is 93.8 Å². The molecular weight excluding hydrogens is 186 g/mol. The van der Waals surface area contributed by atoms with Crippen molar-refractivity contribution in [1.29, 1.82) is 0 Å². The number of nitrogens with one attached hydrogen (secondary N) is 1. The van der Waals surface area contributed by atoms with E-state index in [1.54, 1.807) is 0 Å². The lowest BCUT2D eigenvalue weighted by Crippen LogP contribution is -2.54. The summed E-state index contributed by atoms with van der Waals surface area (Å²) in [5, 5.41) is 3.85. The maximum Gasteiger partial charge on any atom is 0.119 e. The first-order valence-corrected chi connectivity index (χ1v) is 6.56. The molecule has 1 saturated carbocycles. The van der Waals surface area contributed by atoms with Crippen molar-refractivity contribution in [2.24, 2.45) is 5.92 Å². The third kappa shape index (κ3) is 1.94. The Morgan fingerprint density at radius 1 is 1.20 bits per heavy atom. The van der Waals surface area contributed by atoms with E-state index >= 15 is 0 Å². The van der Waals surface area contributed by atoms with Gasteiger partial charge in [-0.05, 0) is 38.0 Å². The number of hydrogen-bond donors (Lipinski definition) is 1. The zero-order chi connectivity index (χ0) is 10.9. The second kappa shape index (κ2) is 4.06. The summed E-state index contributed by atoms with van der Waals surface area (Å²) in [5.41, 5.74) is 0.274. The fourth-order valence-corrected chi connectivity index (χ4v) is 3.09. The minimum Gasteiger partial charge on any atom is -0.359 e. The Kier molecular flexibility index (Phi) is 3.09. The monoisotopic (exact) mass is 211 g/mol. The van der Waals surface area contributed by atoms with E-state index < -0.39 is 0 Å². The summed E-state index contributed by atoms with van der Waals surface area (Å²) < 4.78 is 6.14. The largest absolute Gasteiger partial charge is 0.359 e. The summed E-state index contributed by atoms with van der Waals surface area (Å²) in [6.45, 7) is 7.79. The average Bonchev–Trinajstić information content (AvgIpc) is 2.60. The number of hydrogen-bond acceptors (Lipinski definition) is 2. The molecular formula is C13H25NO. The van der Waals surface area contributed by atoms with Gasteiger partial charge in [0.2, 0.25) is 0 Å². The third-order valence-electron chi connectivity index (χ3n) is 4.48. The van der Waals surface area contributed by atoms with Crippen LogP contribution in [0.2, 0.25) is 0 Å². The van der Waals surface area contributed by atoms with Gasteiger partial charge in [0.15, 0.2) is 0 Å². The molecule has 0 bridgehead atoms. The van der Waals surface area contributed by atoms with E-state index in [2.05, 4.69) is 26.1 Å². The molecule has 15 heavy (non-hydrogen) atoms. The first-order chi connectivity index (χ1) is 7.13. The van der Waals surface area contributed by atoms with E-state index in [0.717, 1.165) is 6.61 Å². The van der Waals surface area contributed by atoms with Gasteiger partial charge in [0.05, 0.1) is 6.61 Å². The molecule has 0 aromatic rings. The van der Waals surface area contributed by atoms with Crippen LogP contribution in [0, 0.1) is 5.92 Å². The van der Waals surface area contributed by atoms with Crippen LogP contribution >= 0.6 is 0 Å². The third-order valence-corrected chi connectivity index (χ3v) is 4.48. The summed E-state index contributed by atoms with van der Waals surface area (Å²) in [6.07, 6.45) is 7.62. The standard InChI is InChI=1S/C13H25NO/c1-4-12(11(2)3)10-15-13(14-12)8-6-5-7-9-13/h11,14H,4-10H2,1-3H3. The van der Waals surface area contributed by atoms with Crippen LogP contribution in [0.4, 0.5) is 0 Å². The molecule has 1 heterocycles. The maximum atomic E-state index is 6.14. The highest BCUT2D eigenvalue weighted by Crippen LogP contribution is 2.39. The Bertz CT molecular complexity index is 221. The average molecular weight is 211 g/mol. The number of ether oxygens (including phenoxy) is 1. The van der Waals surface area contributed by atoms with E-state index in [0.29, 0.717) is 5.92 Å². The van der Waals surface area contributed by atoms with Crippen molar-refractivity contribution in [3.63, 3.8) is 0 Å². The highest BCUT2D eigenvalue weighted by molar-refractivity contribution is 5.02. The van der Waals surface area contributed by atoms with Crippen LogP contribution in [-0.2, 0) is 4.74 Å². The normalized spacial score (nSPS) is 35.2. The van der Waals surface area contributed by atoms with Gasteiger partial charge < -0.3 is 4.74 Å². The molecule has 2 fully saturated rings. The topological polar surface area (TPSA) is 21.3 Å². The predicted molar refractivity (Wildman–Crippen MR) is 62.8 cm³/mol.